The number of hydrogen-bond acceptors (Lipinski definition) is 4. The van der Waals surface area contributed by atoms with Crippen LogP contribution in [0.3, 0.4) is 0 Å². The van der Waals surface area contributed by atoms with Gasteiger partial charge < -0.3 is 15.5 Å². The second-order valence-electron chi connectivity index (χ2n) is 3.72. The Morgan fingerprint density at radius 1 is 1.67 bits per heavy atom. The Labute approximate surface area is 87.7 Å². The fourth-order valence-corrected chi connectivity index (χ4v) is 1.75. The summed E-state index contributed by atoms with van der Waals surface area (Å²) in [6, 6.07) is 1.51. The van der Waals surface area contributed by atoms with Gasteiger partial charge in [-0.1, -0.05) is 0 Å². The molecule has 1 atom stereocenters. The van der Waals surface area contributed by atoms with Crippen molar-refractivity contribution in [1.29, 1.82) is 0 Å². The normalized spacial score (nSPS) is 20.7. The summed E-state index contributed by atoms with van der Waals surface area (Å²) in [5.41, 5.74) is 6.10. The second-order valence-corrected chi connectivity index (χ2v) is 3.72. The highest BCUT2D eigenvalue weighted by Crippen LogP contribution is 2.21. The molecule has 5 nitrogen and oxygen atoms in total. The molecule has 0 aromatic carbocycles. The summed E-state index contributed by atoms with van der Waals surface area (Å²) in [5.74, 6) is 0.971. The van der Waals surface area contributed by atoms with Crippen LogP contribution in [-0.4, -0.2) is 29.7 Å². The monoisotopic (exact) mass is 209 g/mol. The Morgan fingerprint density at radius 3 is 3.20 bits per heavy atom. The summed E-state index contributed by atoms with van der Waals surface area (Å²) in [5, 5.41) is 0. The van der Waals surface area contributed by atoms with Gasteiger partial charge in [0, 0.05) is 30.7 Å². The van der Waals surface area contributed by atoms with Crippen LogP contribution in [0.25, 0.3) is 0 Å². The lowest BCUT2D eigenvalue weighted by Gasteiger charge is -2.07. The van der Waals surface area contributed by atoms with Gasteiger partial charge in [0.25, 0.3) is 5.56 Å². The highest BCUT2D eigenvalue weighted by Gasteiger charge is 2.20. The van der Waals surface area contributed by atoms with E-state index in [0.717, 1.165) is 24.5 Å². The van der Waals surface area contributed by atoms with Gasteiger partial charge in [-0.3, -0.25) is 4.79 Å². The minimum Gasteiger partial charge on any atom is -0.381 e. The van der Waals surface area contributed by atoms with E-state index in [0.29, 0.717) is 19.6 Å². The van der Waals surface area contributed by atoms with Gasteiger partial charge in [0.1, 0.15) is 5.82 Å². The number of ether oxygens (including phenoxy) is 1. The van der Waals surface area contributed by atoms with Gasteiger partial charge >= 0.3 is 0 Å². The van der Waals surface area contributed by atoms with E-state index in [9.17, 15) is 4.79 Å². The number of rotatable bonds is 3. The first-order valence-electron chi connectivity index (χ1n) is 5.17. The number of hydrogen-bond donors (Lipinski definition) is 2. The molecule has 0 amide bonds. The Bertz CT molecular complexity index is 382. The molecular formula is C10H15N3O2. The molecule has 3 N–H and O–H groups in total. The van der Waals surface area contributed by atoms with Gasteiger partial charge in [0.05, 0.1) is 6.61 Å². The van der Waals surface area contributed by atoms with E-state index in [4.69, 9.17) is 10.5 Å². The highest BCUT2D eigenvalue weighted by molar-refractivity contribution is 5.07. The highest BCUT2D eigenvalue weighted by atomic mass is 16.5. The molecule has 0 aliphatic carbocycles. The van der Waals surface area contributed by atoms with Crippen LogP contribution in [0.1, 0.15) is 23.9 Å². The van der Waals surface area contributed by atoms with Crippen molar-refractivity contribution < 1.29 is 4.74 Å². The van der Waals surface area contributed by atoms with Gasteiger partial charge in [-0.05, 0) is 13.0 Å². The number of nitrogens with zero attached hydrogens (tertiary/aromatic N) is 1. The molecule has 15 heavy (non-hydrogen) atoms. The average Bonchev–Trinajstić information content (AvgIpc) is 2.70. The average molecular weight is 209 g/mol. The van der Waals surface area contributed by atoms with Crippen molar-refractivity contribution in [2.24, 2.45) is 5.73 Å². The smallest absolute Gasteiger partial charge is 0.251 e. The van der Waals surface area contributed by atoms with Crippen LogP contribution in [0.5, 0.6) is 0 Å². The second kappa shape index (κ2) is 4.55. The SMILES string of the molecule is NCCc1cc(=O)[nH]c(C2CCOC2)n1. The van der Waals surface area contributed by atoms with Gasteiger partial charge in [-0.25, -0.2) is 4.98 Å². The van der Waals surface area contributed by atoms with Gasteiger partial charge in [0.2, 0.25) is 0 Å². The van der Waals surface area contributed by atoms with Crippen LogP contribution >= 0.6 is 0 Å². The first-order chi connectivity index (χ1) is 7.29. The third-order valence-corrected chi connectivity index (χ3v) is 2.53. The summed E-state index contributed by atoms with van der Waals surface area (Å²) in [4.78, 5) is 18.5. The van der Waals surface area contributed by atoms with Crippen molar-refractivity contribution in [3.05, 3.63) is 27.9 Å². The molecule has 1 fully saturated rings. The van der Waals surface area contributed by atoms with Crippen LogP contribution < -0.4 is 11.3 Å². The molecule has 1 aliphatic rings. The van der Waals surface area contributed by atoms with E-state index in [2.05, 4.69) is 9.97 Å². The molecule has 1 aromatic heterocycles. The van der Waals surface area contributed by atoms with E-state index in [-0.39, 0.29) is 11.5 Å². The fraction of sp³-hybridized carbons (Fsp3) is 0.600. The van der Waals surface area contributed by atoms with Crippen LogP contribution in [0.2, 0.25) is 0 Å². The van der Waals surface area contributed by atoms with Crippen molar-refractivity contribution in [3.63, 3.8) is 0 Å². The van der Waals surface area contributed by atoms with E-state index in [1.165, 1.54) is 6.07 Å². The van der Waals surface area contributed by atoms with Crippen molar-refractivity contribution in [2.45, 2.75) is 18.8 Å². The first-order valence-corrected chi connectivity index (χ1v) is 5.17. The minimum atomic E-state index is -0.102. The summed E-state index contributed by atoms with van der Waals surface area (Å²) in [7, 11) is 0. The van der Waals surface area contributed by atoms with E-state index >= 15 is 0 Å². The first kappa shape index (κ1) is 10.3. The zero-order chi connectivity index (χ0) is 10.7. The lowest BCUT2D eigenvalue weighted by atomic mass is 10.1. The van der Waals surface area contributed by atoms with Crippen LogP contribution in [0.15, 0.2) is 10.9 Å². The minimum absolute atomic E-state index is 0.102. The number of aromatic nitrogens is 2. The standard InChI is InChI=1S/C10H15N3O2/c11-3-1-8-5-9(14)13-10(12-8)7-2-4-15-6-7/h5,7H,1-4,6,11H2,(H,12,13,14). The van der Waals surface area contributed by atoms with Crippen LogP contribution in [0, 0.1) is 0 Å². The molecule has 1 saturated heterocycles. The van der Waals surface area contributed by atoms with Gasteiger partial charge in [-0.15, -0.1) is 0 Å². The molecule has 1 unspecified atom stereocenters. The lowest BCUT2D eigenvalue weighted by Crippen LogP contribution is -2.17. The van der Waals surface area contributed by atoms with E-state index in [1.807, 2.05) is 0 Å². The number of aromatic amines is 1. The molecule has 82 valence electrons. The number of nitrogens with one attached hydrogen (secondary N) is 1. The fourth-order valence-electron chi connectivity index (χ4n) is 1.75. The largest absolute Gasteiger partial charge is 0.381 e. The molecule has 0 saturated carbocycles. The molecule has 1 aromatic rings. The molecule has 0 bridgehead atoms. The van der Waals surface area contributed by atoms with Crippen LogP contribution in [-0.2, 0) is 11.2 Å². The third-order valence-electron chi connectivity index (χ3n) is 2.53. The molecule has 0 radical (unpaired) electrons. The summed E-state index contributed by atoms with van der Waals surface area (Å²) >= 11 is 0. The van der Waals surface area contributed by atoms with E-state index < -0.39 is 0 Å². The molecule has 2 rings (SSSR count). The van der Waals surface area contributed by atoms with Crippen molar-refractivity contribution in [2.75, 3.05) is 19.8 Å². The number of nitrogens with two attached hydrogens (primary N) is 1. The maximum absolute atomic E-state index is 11.4. The zero-order valence-electron chi connectivity index (χ0n) is 8.53. The van der Waals surface area contributed by atoms with Crippen LogP contribution in [0.4, 0.5) is 0 Å². The molecule has 0 spiro atoms. The van der Waals surface area contributed by atoms with Crippen molar-refractivity contribution in [1.82, 2.24) is 9.97 Å². The maximum atomic E-state index is 11.4. The molecule has 2 heterocycles. The predicted molar refractivity (Wildman–Crippen MR) is 55.8 cm³/mol. The van der Waals surface area contributed by atoms with Crippen molar-refractivity contribution in [3.8, 4) is 0 Å². The Hall–Kier alpha value is -1.20. The summed E-state index contributed by atoms with van der Waals surface area (Å²) in [6.45, 7) is 1.90. The Morgan fingerprint density at radius 2 is 2.53 bits per heavy atom. The van der Waals surface area contributed by atoms with Gasteiger partial charge in [-0.2, -0.15) is 0 Å². The van der Waals surface area contributed by atoms with Gasteiger partial charge in [0.15, 0.2) is 0 Å². The van der Waals surface area contributed by atoms with Crippen molar-refractivity contribution >= 4 is 0 Å². The van der Waals surface area contributed by atoms with E-state index in [1.54, 1.807) is 0 Å². The maximum Gasteiger partial charge on any atom is 0.251 e. The Kier molecular flexibility index (Phi) is 3.13. The summed E-state index contributed by atoms with van der Waals surface area (Å²) < 4.78 is 5.26. The summed E-state index contributed by atoms with van der Waals surface area (Å²) in [6.07, 6.45) is 1.57. The predicted octanol–water partition coefficient (Wildman–Crippen LogP) is -0.225. The lowest BCUT2D eigenvalue weighted by molar-refractivity contribution is 0.193. The number of H-pyrrole nitrogens is 1. The molecular weight excluding hydrogens is 194 g/mol. The molecule has 1 aliphatic heterocycles. The zero-order valence-corrected chi connectivity index (χ0v) is 8.53. The topological polar surface area (TPSA) is 81.0 Å². The third kappa shape index (κ3) is 2.43. The Balaban J connectivity index is 2.26. The quantitative estimate of drug-likeness (QED) is 0.720. The molecule has 5 heteroatoms.